The van der Waals surface area contributed by atoms with Crippen LogP contribution in [0.4, 0.5) is 5.69 Å². The second kappa shape index (κ2) is 14.2. The molecule has 0 aliphatic heterocycles. The Kier molecular flexibility index (Phi) is 11.2. The zero-order chi connectivity index (χ0) is 30.3. The van der Waals surface area contributed by atoms with Gasteiger partial charge >= 0.3 is 0 Å². The molecule has 11 heteroatoms. The number of hydrogen-bond donors (Lipinski definition) is 1. The van der Waals surface area contributed by atoms with Crippen molar-refractivity contribution in [2.45, 2.75) is 57.6 Å². The monoisotopic (exact) mass is 663 g/mol. The van der Waals surface area contributed by atoms with Crippen LogP contribution in [0.1, 0.15) is 38.3 Å². The van der Waals surface area contributed by atoms with Gasteiger partial charge in [0.1, 0.15) is 18.3 Å². The number of carbonyl (C=O) groups excluding carboxylic acids is 2. The molecule has 0 radical (unpaired) electrons. The number of nitrogens with one attached hydrogen (secondary N) is 1. The molecular weight excluding hydrogens is 630 g/mol. The van der Waals surface area contributed by atoms with Gasteiger partial charge in [0.15, 0.2) is 0 Å². The first-order chi connectivity index (χ1) is 19.4. The Morgan fingerprint density at radius 1 is 1.05 bits per heavy atom. The molecule has 8 nitrogen and oxygen atoms in total. The van der Waals surface area contributed by atoms with E-state index in [1.54, 1.807) is 61.5 Å². The van der Waals surface area contributed by atoms with E-state index in [1.807, 2.05) is 20.8 Å². The SMILES string of the molecule is CCC(C)NC(=O)C(C)N(Cc1cccc(Cl)c1)C(=O)CN(c1ccc(C)cc1)S(=O)(=O)c1ccc(OC)c(Br)c1. The van der Waals surface area contributed by atoms with Gasteiger partial charge in [0, 0.05) is 17.6 Å². The quantitative estimate of drug-likeness (QED) is 0.258. The van der Waals surface area contributed by atoms with E-state index in [0.29, 0.717) is 26.5 Å². The number of amides is 2. The summed E-state index contributed by atoms with van der Waals surface area (Å²) in [7, 11) is -2.73. The molecule has 0 spiro atoms. The summed E-state index contributed by atoms with van der Waals surface area (Å²) in [5, 5.41) is 3.41. The summed E-state index contributed by atoms with van der Waals surface area (Å²) in [4.78, 5) is 28.5. The molecule has 2 unspecified atom stereocenters. The maximum absolute atomic E-state index is 14.0. The molecule has 0 fully saturated rings. The predicted octanol–water partition coefficient (Wildman–Crippen LogP) is 5.95. The number of rotatable bonds is 12. The molecule has 0 aliphatic rings. The van der Waals surface area contributed by atoms with E-state index >= 15 is 0 Å². The summed E-state index contributed by atoms with van der Waals surface area (Å²) in [5.41, 5.74) is 1.95. The Hall–Kier alpha value is -3.08. The number of benzene rings is 3. The Balaban J connectivity index is 2.05. The number of nitrogens with zero attached hydrogens (tertiary/aromatic N) is 2. The third-order valence-electron chi connectivity index (χ3n) is 6.72. The molecule has 3 rings (SSSR count). The molecule has 0 saturated carbocycles. The number of methoxy groups -OCH3 is 1. The predicted molar refractivity (Wildman–Crippen MR) is 166 cm³/mol. The number of sulfonamides is 1. The Morgan fingerprint density at radius 2 is 1.73 bits per heavy atom. The lowest BCUT2D eigenvalue weighted by molar-refractivity contribution is -0.139. The van der Waals surface area contributed by atoms with Crippen LogP contribution in [0.2, 0.25) is 5.02 Å². The minimum atomic E-state index is -4.21. The normalized spacial score (nSPS) is 12.8. The zero-order valence-electron chi connectivity index (χ0n) is 23.7. The maximum Gasteiger partial charge on any atom is 0.264 e. The van der Waals surface area contributed by atoms with Crippen LogP contribution in [-0.2, 0) is 26.2 Å². The standard InChI is InChI=1S/C30H35BrClN3O5S/c1-6-21(3)33-30(37)22(4)34(18-23-8-7-9-24(32)16-23)29(36)19-35(25-12-10-20(2)11-13-25)41(38,39)26-14-15-28(40-5)27(31)17-26/h7-17,21-22H,6,18-19H2,1-5H3,(H,33,37). The fourth-order valence-corrected chi connectivity index (χ4v) is 6.40. The van der Waals surface area contributed by atoms with Gasteiger partial charge in [-0.25, -0.2) is 8.42 Å². The van der Waals surface area contributed by atoms with Gasteiger partial charge in [-0.1, -0.05) is 48.4 Å². The summed E-state index contributed by atoms with van der Waals surface area (Å²) in [6.07, 6.45) is 0.720. The molecule has 0 aliphatic carbocycles. The number of aryl methyl sites for hydroxylation is 1. The van der Waals surface area contributed by atoms with Crippen LogP contribution in [0.5, 0.6) is 5.75 Å². The van der Waals surface area contributed by atoms with E-state index in [9.17, 15) is 18.0 Å². The highest BCUT2D eigenvalue weighted by Crippen LogP contribution is 2.31. The van der Waals surface area contributed by atoms with Crippen molar-refractivity contribution in [2.75, 3.05) is 18.0 Å². The molecule has 3 aromatic carbocycles. The van der Waals surface area contributed by atoms with Gasteiger partial charge in [0.25, 0.3) is 10.0 Å². The number of hydrogen-bond acceptors (Lipinski definition) is 5. The van der Waals surface area contributed by atoms with Gasteiger partial charge in [-0.3, -0.25) is 13.9 Å². The minimum Gasteiger partial charge on any atom is -0.496 e. The van der Waals surface area contributed by atoms with Crippen LogP contribution < -0.4 is 14.4 Å². The van der Waals surface area contributed by atoms with Gasteiger partial charge in [-0.2, -0.15) is 0 Å². The van der Waals surface area contributed by atoms with Crippen molar-refractivity contribution in [3.05, 3.63) is 87.4 Å². The summed E-state index contributed by atoms with van der Waals surface area (Å²) < 4.78 is 34.8. The minimum absolute atomic E-state index is 0.0255. The fourth-order valence-electron chi connectivity index (χ4n) is 4.05. The van der Waals surface area contributed by atoms with Crippen molar-refractivity contribution >= 4 is 55.1 Å². The Bertz CT molecular complexity index is 1480. The Labute approximate surface area is 255 Å². The van der Waals surface area contributed by atoms with Crippen molar-refractivity contribution in [1.82, 2.24) is 10.2 Å². The average molecular weight is 665 g/mol. The highest BCUT2D eigenvalue weighted by Gasteiger charge is 2.33. The molecule has 1 N–H and O–H groups in total. The fraction of sp³-hybridized carbons (Fsp3) is 0.333. The van der Waals surface area contributed by atoms with E-state index < -0.39 is 28.5 Å². The molecule has 220 valence electrons. The van der Waals surface area contributed by atoms with Crippen LogP contribution in [-0.4, -0.2) is 50.9 Å². The largest absolute Gasteiger partial charge is 0.496 e. The van der Waals surface area contributed by atoms with Crippen LogP contribution in [0.15, 0.2) is 76.1 Å². The lowest BCUT2D eigenvalue weighted by Gasteiger charge is -2.32. The lowest BCUT2D eigenvalue weighted by Crippen LogP contribution is -2.52. The molecular formula is C30H35BrClN3O5S. The second-order valence-electron chi connectivity index (χ2n) is 9.79. The van der Waals surface area contributed by atoms with Gasteiger partial charge in [-0.05, 0) is 91.1 Å². The third-order valence-corrected chi connectivity index (χ3v) is 9.35. The molecule has 0 bridgehead atoms. The summed E-state index contributed by atoms with van der Waals surface area (Å²) in [6.45, 7) is 6.88. The van der Waals surface area contributed by atoms with E-state index in [0.717, 1.165) is 16.3 Å². The topological polar surface area (TPSA) is 96.0 Å². The summed E-state index contributed by atoms with van der Waals surface area (Å²) >= 11 is 9.55. The first kappa shape index (κ1) is 32.4. The van der Waals surface area contributed by atoms with Crippen molar-refractivity contribution in [3.8, 4) is 5.75 Å². The maximum atomic E-state index is 14.0. The third kappa shape index (κ3) is 8.24. The van der Waals surface area contributed by atoms with Crippen molar-refractivity contribution in [1.29, 1.82) is 0 Å². The second-order valence-corrected chi connectivity index (χ2v) is 12.9. The van der Waals surface area contributed by atoms with Gasteiger partial charge < -0.3 is 15.0 Å². The van der Waals surface area contributed by atoms with E-state index in [-0.39, 0.29) is 23.4 Å². The molecule has 0 heterocycles. The van der Waals surface area contributed by atoms with E-state index in [4.69, 9.17) is 16.3 Å². The molecule has 2 atom stereocenters. The first-order valence-electron chi connectivity index (χ1n) is 13.1. The van der Waals surface area contributed by atoms with Crippen LogP contribution in [0, 0.1) is 6.92 Å². The van der Waals surface area contributed by atoms with Crippen LogP contribution in [0.3, 0.4) is 0 Å². The van der Waals surface area contributed by atoms with Crippen molar-refractivity contribution in [3.63, 3.8) is 0 Å². The highest BCUT2D eigenvalue weighted by molar-refractivity contribution is 9.10. The summed E-state index contributed by atoms with van der Waals surface area (Å²) in [6, 6.07) is 17.3. The van der Waals surface area contributed by atoms with Gasteiger partial charge in [0.05, 0.1) is 22.2 Å². The molecule has 0 saturated heterocycles. The van der Waals surface area contributed by atoms with E-state index in [1.165, 1.54) is 24.1 Å². The van der Waals surface area contributed by atoms with Crippen LogP contribution >= 0.6 is 27.5 Å². The van der Waals surface area contributed by atoms with Gasteiger partial charge in [0.2, 0.25) is 11.8 Å². The summed E-state index contributed by atoms with van der Waals surface area (Å²) in [5.74, 6) is -0.414. The van der Waals surface area contributed by atoms with E-state index in [2.05, 4.69) is 21.2 Å². The number of anilines is 1. The number of carbonyl (C=O) groups is 2. The molecule has 0 aromatic heterocycles. The average Bonchev–Trinajstić information content (AvgIpc) is 2.94. The Morgan fingerprint density at radius 3 is 2.32 bits per heavy atom. The van der Waals surface area contributed by atoms with Gasteiger partial charge in [-0.15, -0.1) is 0 Å². The first-order valence-corrected chi connectivity index (χ1v) is 15.8. The highest BCUT2D eigenvalue weighted by atomic mass is 79.9. The lowest BCUT2D eigenvalue weighted by atomic mass is 10.1. The molecule has 3 aromatic rings. The zero-order valence-corrected chi connectivity index (χ0v) is 26.9. The number of halogens is 2. The van der Waals surface area contributed by atoms with Crippen molar-refractivity contribution < 1.29 is 22.7 Å². The van der Waals surface area contributed by atoms with Crippen LogP contribution in [0.25, 0.3) is 0 Å². The smallest absolute Gasteiger partial charge is 0.264 e. The molecule has 2 amide bonds. The van der Waals surface area contributed by atoms with Crippen molar-refractivity contribution in [2.24, 2.45) is 0 Å². The number of ether oxygens (including phenoxy) is 1. The molecule has 41 heavy (non-hydrogen) atoms.